The van der Waals surface area contributed by atoms with Crippen molar-refractivity contribution in [1.82, 2.24) is 25.6 Å². The summed E-state index contributed by atoms with van der Waals surface area (Å²) in [5.41, 5.74) is 1.90. The van der Waals surface area contributed by atoms with E-state index in [-0.39, 0.29) is 72.8 Å². The molecule has 3 N–H and O–H groups in total. The number of quaternary nitrogens is 1. The predicted octanol–water partition coefficient (Wildman–Crippen LogP) is 5.31. The molecule has 3 aromatic carbocycles. The lowest BCUT2D eigenvalue weighted by Crippen LogP contribution is -2.59. The number of morpholine rings is 1. The summed E-state index contributed by atoms with van der Waals surface area (Å²) < 4.78 is 50.4. The number of aromatic nitrogens is 3. The number of esters is 1. The normalized spacial score (nSPS) is 17.6. The van der Waals surface area contributed by atoms with Crippen molar-refractivity contribution in [2.75, 3.05) is 52.4 Å². The van der Waals surface area contributed by atoms with Crippen LogP contribution in [0.25, 0.3) is 0 Å². The lowest BCUT2D eigenvalue weighted by atomic mass is 9.87. The zero-order valence-electron chi connectivity index (χ0n) is 44.3. The zero-order chi connectivity index (χ0) is 54.8. The van der Waals surface area contributed by atoms with Crippen LogP contribution in [0.2, 0.25) is 0 Å². The summed E-state index contributed by atoms with van der Waals surface area (Å²) >= 11 is 0. The number of benzene rings is 3. The van der Waals surface area contributed by atoms with Gasteiger partial charge < -0.3 is 29.6 Å². The number of epoxide rings is 1. The van der Waals surface area contributed by atoms with Crippen molar-refractivity contribution in [2.45, 2.75) is 104 Å². The van der Waals surface area contributed by atoms with Gasteiger partial charge >= 0.3 is 5.97 Å². The van der Waals surface area contributed by atoms with Gasteiger partial charge in [-0.05, 0) is 86.3 Å². The molecule has 0 bridgehead atoms. The van der Waals surface area contributed by atoms with Gasteiger partial charge in [0, 0.05) is 31.7 Å². The van der Waals surface area contributed by atoms with Gasteiger partial charge in [0.05, 0.1) is 49.9 Å². The van der Waals surface area contributed by atoms with E-state index in [1.807, 2.05) is 88.4 Å². The van der Waals surface area contributed by atoms with E-state index >= 15 is 0 Å². The predicted molar refractivity (Wildman–Crippen MR) is 278 cm³/mol. The van der Waals surface area contributed by atoms with Crippen LogP contribution in [0.4, 0.5) is 0 Å². The molecule has 2 fully saturated rings. The van der Waals surface area contributed by atoms with E-state index in [0.717, 1.165) is 11.1 Å². The number of amides is 2. The van der Waals surface area contributed by atoms with Gasteiger partial charge in [0.25, 0.3) is 10.1 Å². The highest BCUT2D eigenvalue weighted by atomic mass is 32.2. The molecule has 408 valence electrons. The number of aryl methyl sites for hydroxylation is 2. The Morgan fingerprint density at radius 2 is 1.37 bits per heavy atom. The van der Waals surface area contributed by atoms with Crippen molar-refractivity contribution in [3.63, 3.8) is 0 Å². The van der Waals surface area contributed by atoms with Crippen molar-refractivity contribution >= 4 is 45.3 Å². The van der Waals surface area contributed by atoms with Crippen LogP contribution in [0.3, 0.4) is 0 Å². The molecule has 2 aliphatic heterocycles. The Hall–Kier alpha value is -6.19. The van der Waals surface area contributed by atoms with E-state index in [1.165, 1.54) is 0 Å². The Kier molecular flexibility index (Phi) is 22.4. The van der Waals surface area contributed by atoms with Crippen LogP contribution < -0.4 is 15.4 Å². The summed E-state index contributed by atoms with van der Waals surface area (Å²) in [4.78, 5) is 84.5. The highest BCUT2D eigenvalue weighted by molar-refractivity contribution is 7.85. The van der Waals surface area contributed by atoms with Crippen LogP contribution in [0.1, 0.15) is 93.9 Å². The molecule has 4 aromatic rings. The second-order valence-electron chi connectivity index (χ2n) is 20.8. The van der Waals surface area contributed by atoms with E-state index in [2.05, 4.69) is 20.9 Å². The minimum absolute atomic E-state index is 0.00185. The Morgan fingerprint density at radius 1 is 0.813 bits per heavy atom. The number of ether oxygens (including phenoxy) is 4. The molecule has 0 unspecified atom stereocenters. The van der Waals surface area contributed by atoms with Crippen molar-refractivity contribution in [1.29, 1.82) is 0 Å². The second kappa shape index (κ2) is 28.1. The molecule has 2 amide bonds. The molecule has 5 atom stereocenters. The Labute approximate surface area is 440 Å². The summed E-state index contributed by atoms with van der Waals surface area (Å²) in [6.45, 7) is 11.7. The van der Waals surface area contributed by atoms with E-state index in [0.29, 0.717) is 81.9 Å². The molecule has 1 aromatic heterocycles. The summed E-state index contributed by atoms with van der Waals surface area (Å²) in [6.07, 6.45) is 4.04. The molecule has 20 heteroatoms. The molecule has 3 heterocycles. The van der Waals surface area contributed by atoms with Crippen LogP contribution in [-0.2, 0) is 74.8 Å². The molecular formula is C55H75N6O13S+. The average molecular weight is 1060 g/mol. The molecule has 0 spiro atoms. The van der Waals surface area contributed by atoms with Crippen LogP contribution in [0, 0.1) is 23.7 Å². The van der Waals surface area contributed by atoms with Crippen LogP contribution in [-0.4, -0.2) is 138 Å². The van der Waals surface area contributed by atoms with Gasteiger partial charge in [-0.25, -0.2) is 4.79 Å². The van der Waals surface area contributed by atoms with Crippen molar-refractivity contribution in [3.05, 3.63) is 114 Å². The lowest BCUT2D eigenvalue weighted by Gasteiger charge is -2.39. The number of hydrogen-bond acceptors (Lipinski definition) is 14. The van der Waals surface area contributed by atoms with Crippen LogP contribution in [0.5, 0.6) is 5.75 Å². The first-order chi connectivity index (χ1) is 35.5. The van der Waals surface area contributed by atoms with Crippen LogP contribution in [0.15, 0.2) is 91.1 Å². The van der Waals surface area contributed by atoms with Gasteiger partial charge in [-0.15, -0.1) is 5.10 Å². The molecule has 0 radical (unpaired) electrons. The minimum Gasteiger partial charge on any atom is -0.487 e. The van der Waals surface area contributed by atoms with Gasteiger partial charge in [0.1, 0.15) is 43.3 Å². The fourth-order valence-corrected chi connectivity index (χ4v) is 8.86. The largest absolute Gasteiger partial charge is 0.487 e. The molecule has 6 rings (SSSR count). The summed E-state index contributed by atoms with van der Waals surface area (Å²) in [5.74, 6) is -3.02. The van der Waals surface area contributed by atoms with Gasteiger partial charge in [-0.2, -0.15) is 8.42 Å². The Morgan fingerprint density at radius 3 is 1.93 bits per heavy atom. The third-order valence-corrected chi connectivity index (χ3v) is 13.0. The number of ketones is 3. The SMILES string of the molecule is CC(C)C[C@H](NC(=O)[C@H](CCc1ccccc1)CC(=O)C[N+]1(COC(=O)c2ccc(OCc3cn(C)nn3)cc2)CCOCC1)C(=O)C[C@@H](Cc1ccccc1)C(=O)N[C@@H](CC(C)C)C(=O)[C@@]1(C)CO1.CS(=O)(=O)O. The Balaban J connectivity index is 0.00000198. The third-order valence-electron chi connectivity index (χ3n) is 13.0. The fraction of sp³-hybridized carbons (Fsp3) is 0.527. The lowest BCUT2D eigenvalue weighted by molar-refractivity contribution is -0.943. The van der Waals surface area contributed by atoms with Crippen molar-refractivity contribution in [2.24, 2.45) is 30.7 Å². The number of carbonyl (C=O) groups excluding carboxylic acids is 6. The second-order valence-corrected chi connectivity index (χ2v) is 22.3. The number of hydrogen-bond donors (Lipinski definition) is 3. The van der Waals surface area contributed by atoms with Crippen molar-refractivity contribution < 1.29 is 65.2 Å². The smallest absolute Gasteiger partial charge is 0.342 e. The number of carbonyl (C=O) groups is 6. The first-order valence-electron chi connectivity index (χ1n) is 25.5. The molecule has 2 saturated heterocycles. The molecule has 75 heavy (non-hydrogen) atoms. The monoisotopic (exact) mass is 1060 g/mol. The Bertz CT molecular complexity index is 2610. The number of Topliss-reactive ketones (excluding diaryl/α,β-unsaturated/α-hetero) is 3. The number of nitrogens with zero attached hydrogens (tertiary/aromatic N) is 4. The maximum atomic E-state index is 14.6. The van der Waals surface area contributed by atoms with Crippen LogP contribution >= 0.6 is 0 Å². The topological polar surface area (TPSA) is 252 Å². The maximum Gasteiger partial charge on any atom is 0.342 e. The minimum atomic E-state index is -3.67. The fourth-order valence-electron chi connectivity index (χ4n) is 8.86. The van der Waals surface area contributed by atoms with E-state index < -0.39 is 57.4 Å². The molecule has 0 aliphatic carbocycles. The first kappa shape index (κ1) is 59.7. The third kappa shape index (κ3) is 20.8. The average Bonchev–Trinajstić information content (AvgIpc) is 3.98. The van der Waals surface area contributed by atoms with Gasteiger partial charge in [-0.3, -0.25) is 37.7 Å². The quantitative estimate of drug-likeness (QED) is 0.0282. The molecular weight excluding hydrogens is 985 g/mol. The zero-order valence-corrected chi connectivity index (χ0v) is 45.1. The van der Waals surface area contributed by atoms with E-state index in [4.69, 9.17) is 23.5 Å². The molecule has 2 aliphatic rings. The highest BCUT2D eigenvalue weighted by Gasteiger charge is 2.50. The summed E-state index contributed by atoms with van der Waals surface area (Å²) in [6, 6.07) is 24.0. The first-order valence-corrected chi connectivity index (χ1v) is 27.4. The standard InChI is InChI=1S/C54H70N6O10.CH4O3S/c1-37(2)27-47(49(62)31-43(29-40-15-11-8-12-16-40)52(65)56-48(28-38(3)4)50(63)54(5)35-70-54)55-51(64)42(18-17-39-13-9-7-10-14-39)30-45(61)33-60(23-25-67-26-24-60)36-69-53(66)41-19-21-46(22-20-41)68-34-44-32-59(6)58-57-44;1-5(2,3)4/h7-16,19-22,32,37-38,42-43,47-48H,17-18,23-31,33-36H2,1-6H3,(H-,55,56,64,65);1H3,(H,2,3,4)/p+1/t42-,43-,47+,48+,54-;/m1./s1. The number of rotatable bonds is 28. The maximum absolute atomic E-state index is 14.6. The highest BCUT2D eigenvalue weighted by Crippen LogP contribution is 2.30. The molecule has 19 nitrogen and oxygen atoms in total. The molecule has 0 saturated carbocycles. The summed E-state index contributed by atoms with van der Waals surface area (Å²) in [5, 5.41) is 14.0. The van der Waals surface area contributed by atoms with Gasteiger partial charge in [-0.1, -0.05) is 93.6 Å². The van der Waals surface area contributed by atoms with Crippen molar-refractivity contribution in [3.8, 4) is 5.75 Å². The number of nitrogens with one attached hydrogen (secondary N) is 2. The summed E-state index contributed by atoms with van der Waals surface area (Å²) in [7, 11) is -1.90. The van der Waals surface area contributed by atoms with E-state index in [9.17, 15) is 37.2 Å². The van der Waals surface area contributed by atoms with Gasteiger partial charge in [0.2, 0.25) is 18.5 Å². The van der Waals surface area contributed by atoms with E-state index in [1.54, 1.807) is 49.1 Å². The van der Waals surface area contributed by atoms with Gasteiger partial charge in [0.15, 0.2) is 17.3 Å².